The zero-order valence-corrected chi connectivity index (χ0v) is 30.7. The molecule has 2 heterocycles. The van der Waals surface area contributed by atoms with E-state index in [4.69, 9.17) is 4.42 Å². The van der Waals surface area contributed by atoms with Gasteiger partial charge in [-0.1, -0.05) is 91.0 Å². The largest absolute Gasteiger partial charge is 0.456 e. The van der Waals surface area contributed by atoms with Crippen molar-refractivity contribution in [3.63, 3.8) is 0 Å². The molecule has 14 rings (SSSR count). The smallest absolute Gasteiger partial charge is 0.137 e. The summed E-state index contributed by atoms with van der Waals surface area (Å²) in [5, 5.41) is 4.85. The summed E-state index contributed by atoms with van der Waals surface area (Å²) in [4.78, 5) is 2.48. The Morgan fingerprint density at radius 2 is 1.05 bits per heavy atom. The second-order valence-electron chi connectivity index (χ2n) is 17.0. The van der Waals surface area contributed by atoms with Crippen molar-refractivity contribution in [1.82, 2.24) is 4.57 Å². The monoisotopic (exact) mass is 708 g/mol. The minimum Gasteiger partial charge on any atom is -0.456 e. The van der Waals surface area contributed by atoms with Gasteiger partial charge < -0.3 is 13.9 Å². The van der Waals surface area contributed by atoms with Crippen LogP contribution in [0.25, 0.3) is 60.6 Å². The molecule has 4 bridgehead atoms. The van der Waals surface area contributed by atoms with Gasteiger partial charge in [-0.15, -0.1) is 0 Å². The van der Waals surface area contributed by atoms with Crippen molar-refractivity contribution in [2.24, 2.45) is 23.7 Å². The topological polar surface area (TPSA) is 21.3 Å². The number of aromatic nitrogens is 1. The third-order valence-electron chi connectivity index (χ3n) is 14.3. The predicted octanol–water partition coefficient (Wildman–Crippen LogP) is 13.9. The minimum atomic E-state index is 0.0918. The lowest BCUT2D eigenvalue weighted by molar-refractivity contribution is -0.0399. The van der Waals surface area contributed by atoms with Crippen molar-refractivity contribution in [1.29, 1.82) is 0 Å². The maximum atomic E-state index is 6.53. The van der Waals surface area contributed by atoms with Crippen molar-refractivity contribution in [2.75, 3.05) is 4.90 Å². The molecule has 0 unspecified atom stereocenters. The normalized spacial score (nSPS) is 23.3. The summed E-state index contributed by atoms with van der Waals surface area (Å²) in [6.07, 6.45) is 6.95. The zero-order chi connectivity index (χ0) is 35.8. The van der Waals surface area contributed by atoms with Gasteiger partial charge in [-0.3, -0.25) is 0 Å². The molecule has 0 saturated heterocycles. The Morgan fingerprint density at radius 3 is 1.84 bits per heavy atom. The number of para-hydroxylation sites is 3. The van der Waals surface area contributed by atoms with Gasteiger partial charge in [0.25, 0.3) is 0 Å². The Morgan fingerprint density at radius 1 is 0.455 bits per heavy atom. The Kier molecular flexibility index (Phi) is 6.06. The van der Waals surface area contributed by atoms with Crippen LogP contribution in [0.15, 0.2) is 162 Å². The highest BCUT2D eigenvalue weighted by atomic mass is 16.3. The Labute approximate surface area is 320 Å². The van der Waals surface area contributed by atoms with E-state index in [0.29, 0.717) is 11.8 Å². The molecule has 2 aromatic heterocycles. The van der Waals surface area contributed by atoms with Crippen LogP contribution < -0.4 is 4.90 Å². The predicted molar refractivity (Wildman–Crippen MR) is 226 cm³/mol. The first kappa shape index (κ1) is 30.3. The van der Waals surface area contributed by atoms with Gasteiger partial charge in [0.05, 0.1) is 11.0 Å². The second-order valence-corrected chi connectivity index (χ2v) is 17.0. The van der Waals surface area contributed by atoms with Crippen LogP contribution in [0, 0.1) is 23.7 Å². The van der Waals surface area contributed by atoms with Crippen molar-refractivity contribution in [2.45, 2.75) is 37.5 Å². The molecule has 3 heteroatoms. The molecule has 7 aromatic carbocycles. The Balaban J connectivity index is 1.04. The highest BCUT2D eigenvalue weighted by molar-refractivity contribution is 6.09. The first-order chi connectivity index (χ1) is 27.2. The molecule has 264 valence electrons. The van der Waals surface area contributed by atoms with Crippen LogP contribution in [-0.2, 0) is 5.41 Å². The lowest BCUT2D eigenvalue weighted by atomic mass is 9.43. The molecular formula is C52H40N2O. The molecule has 0 N–H and O–H groups in total. The van der Waals surface area contributed by atoms with E-state index in [1.54, 1.807) is 11.1 Å². The van der Waals surface area contributed by atoms with E-state index in [9.17, 15) is 0 Å². The average molecular weight is 709 g/mol. The Hall–Kier alpha value is -6.06. The van der Waals surface area contributed by atoms with Crippen molar-refractivity contribution < 1.29 is 4.42 Å². The summed E-state index contributed by atoms with van der Waals surface area (Å²) in [6, 6.07) is 58.8. The standard InChI is InChI=1S/C52H40N2O/c1-5-16-46-40(12-1)41-22-20-38(30-47(41)52(46)34-25-32-24-33(27-34)28-35(52)26-32)53(39-21-23-45-44-15-4-8-19-50(44)55-51(45)31-39)36-10-9-11-37(29-36)54-48-17-6-2-13-42(48)43-14-3-7-18-49(43)54/h1-23,29-35H,24-28H2. The van der Waals surface area contributed by atoms with E-state index in [1.165, 1.54) is 70.7 Å². The SMILES string of the molecule is c1cc(N(c2ccc3c(c2)C2(c4ccccc4-3)C3CC4CC(C3)CC2C4)c2ccc3c(c2)oc2ccccc23)cc(-n2c3ccccc3c3ccccc32)c1. The fraction of sp³-hybridized carbons (Fsp3) is 0.192. The number of furan rings is 1. The molecule has 3 nitrogen and oxygen atoms in total. The van der Waals surface area contributed by atoms with Crippen LogP contribution in [0.1, 0.15) is 43.2 Å². The van der Waals surface area contributed by atoms with Crippen LogP contribution in [0.3, 0.4) is 0 Å². The number of hydrogen-bond donors (Lipinski definition) is 0. The lowest BCUT2D eigenvalue weighted by Crippen LogP contribution is -2.55. The van der Waals surface area contributed by atoms with Crippen molar-refractivity contribution in [3.8, 4) is 16.8 Å². The summed E-state index contributed by atoms with van der Waals surface area (Å²) < 4.78 is 8.96. The third kappa shape index (κ3) is 4.06. The van der Waals surface area contributed by atoms with E-state index < -0.39 is 0 Å². The van der Waals surface area contributed by atoms with E-state index in [-0.39, 0.29) is 5.41 Å². The first-order valence-electron chi connectivity index (χ1n) is 20.3. The number of nitrogens with zero attached hydrogens (tertiary/aromatic N) is 2. The van der Waals surface area contributed by atoms with Gasteiger partial charge in [-0.25, -0.2) is 0 Å². The summed E-state index contributed by atoms with van der Waals surface area (Å²) in [5.74, 6) is 3.23. The van der Waals surface area contributed by atoms with E-state index in [0.717, 1.165) is 50.8 Å². The molecule has 0 aliphatic heterocycles. The highest BCUT2D eigenvalue weighted by Gasteiger charge is 2.61. The van der Waals surface area contributed by atoms with Gasteiger partial charge in [0.15, 0.2) is 0 Å². The molecule has 9 aromatic rings. The van der Waals surface area contributed by atoms with Crippen LogP contribution in [0.2, 0.25) is 0 Å². The first-order valence-corrected chi connectivity index (χ1v) is 20.3. The van der Waals surface area contributed by atoms with Gasteiger partial charge in [0.2, 0.25) is 0 Å². The van der Waals surface area contributed by atoms with Gasteiger partial charge in [-0.05, 0) is 139 Å². The molecule has 5 aliphatic carbocycles. The Bertz CT molecular complexity index is 2950. The molecule has 4 fully saturated rings. The average Bonchev–Trinajstić information content (AvgIpc) is 3.86. The van der Waals surface area contributed by atoms with E-state index >= 15 is 0 Å². The maximum Gasteiger partial charge on any atom is 0.137 e. The second kappa shape index (κ2) is 11.0. The molecule has 0 radical (unpaired) electrons. The number of hydrogen-bond acceptors (Lipinski definition) is 2. The summed E-state index contributed by atoms with van der Waals surface area (Å²) in [6.45, 7) is 0. The van der Waals surface area contributed by atoms with Gasteiger partial charge in [0, 0.05) is 55.8 Å². The summed E-state index contributed by atoms with van der Waals surface area (Å²) in [5.41, 5.74) is 15.0. The molecule has 1 spiro atoms. The quantitative estimate of drug-likeness (QED) is 0.181. The number of rotatable bonds is 4. The summed E-state index contributed by atoms with van der Waals surface area (Å²) >= 11 is 0. The number of fused-ring (bicyclic) bond motifs is 9. The molecule has 4 saturated carbocycles. The number of benzene rings is 7. The maximum absolute atomic E-state index is 6.53. The third-order valence-corrected chi connectivity index (χ3v) is 14.3. The van der Waals surface area contributed by atoms with Crippen molar-refractivity contribution in [3.05, 3.63) is 169 Å². The van der Waals surface area contributed by atoms with Gasteiger partial charge in [-0.2, -0.15) is 0 Å². The lowest BCUT2D eigenvalue weighted by Gasteiger charge is -2.61. The molecular weight excluding hydrogens is 669 g/mol. The van der Waals surface area contributed by atoms with E-state index in [1.807, 2.05) is 0 Å². The van der Waals surface area contributed by atoms with Crippen molar-refractivity contribution >= 4 is 60.8 Å². The summed E-state index contributed by atoms with van der Waals surface area (Å²) in [7, 11) is 0. The molecule has 5 aliphatic rings. The molecule has 55 heavy (non-hydrogen) atoms. The molecule has 0 amide bonds. The van der Waals surface area contributed by atoms with Crippen LogP contribution in [0.5, 0.6) is 0 Å². The van der Waals surface area contributed by atoms with Gasteiger partial charge >= 0.3 is 0 Å². The van der Waals surface area contributed by atoms with E-state index in [2.05, 4.69) is 167 Å². The molecule has 0 atom stereocenters. The fourth-order valence-electron chi connectivity index (χ4n) is 12.6. The zero-order valence-electron chi connectivity index (χ0n) is 30.7. The van der Waals surface area contributed by atoms with Crippen LogP contribution >= 0.6 is 0 Å². The van der Waals surface area contributed by atoms with Crippen LogP contribution in [-0.4, -0.2) is 4.57 Å². The number of anilines is 3. The minimum absolute atomic E-state index is 0.0918. The highest BCUT2D eigenvalue weighted by Crippen LogP contribution is 2.69. The fourth-order valence-corrected chi connectivity index (χ4v) is 12.6. The van der Waals surface area contributed by atoms with Crippen LogP contribution in [0.4, 0.5) is 17.1 Å². The van der Waals surface area contributed by atoms with Gasteiger partial charge in [0.1, 0.15) is 11.2 Å².